The van der Waals surface area contributed by atoms with Gasteiger partial charge in [0.15, 0.2) is 0 Å². The minimum absolute atomic E-state index is 0.174. The van der Waals surface area contributed by atoms with Gasteiger partial charge in [0.1, 0.15) is 6.54 Å². The fourth-order valence-corrected chi connectivity index (χ4v) is 4.07. The molecule has 1 fully saturated rings. The second-order valence-corrected chi connectivity index (χ2v) is 8.05. The number of nitrogens with zero attached hydrogens (tertiary/aromatic N) is 4. The van der Waals surface area contributed by atoms with E-state index in [1.54, 1.807) is 4.68 Å². The molecule has 3 rings (SSSR count). The number of benzene rings is 1. The zero-order chi connectivity index (χ0) is 19.9. The highest BCUT2D eigenvalue weighted by molar-refractivity contribution is 5.75. The van der Waals surface area contributed by atoms with Gasteiger partial charge in [-0.05, 0) is 76.2 Å². The normalized spacial score (nSPS) is 15.7. The van der Waals surface area contributed by atoms with Gasteiger partial charge in [-0.25, -0.2) is 0 Å². The van der Waals surface area contributed by atoms with Crippen LogP contribution in [0, 0.1) is 19.8 Å². The van der Waals surface area contributed by atoms with E-state index in [2.05, 4.69) is 48.1 Å². The third-order valence-electron chi connectivity index (χ3n) is 5.95. The summed E-state index contributed by atoms with van der Waals surface area (Å²) in [7, 11) is 0. The summed E-state index contributed by atoms with van der Waals surface area (Å²) in [5.41, 5.74) is 3.80. The number of likely N-dealkylation sites (N-methyl/N-ethyl adjacent to an activating group) is 1. The van der Waals surface area contributed by atoms with Crippen molar-refractivity contribution in [2.75, 3.05) is 32.7 Å². The number of aromatic nitrogens is 2. The van der Waals surface area contributed by atoms with Crippen LogP contribution in [0.25, 0.3) is 0 Å². The van der Waals surface area contributed by atoms with E-state index in [-0.39, 0.29) is 5.91 Å². The summed E-state index contributed by atoms with van der Waals surface area (Å²) in [6, 6.07) is 10.6. The van der Waals surface area contributed by atoms with Crippen LogP contribution in [0.3, 0.4) is 0 Å². The average molecular weight is 383 g/mol. The van der Waals surface area contributed by atoms with Crippen molar-refractivity contribution in [1.82, 2.24) is 19.6 Å². The molecule has 0 spiro atoms. The minimum Gasteiger partial charge on any atom is -0.341 e. The van der Waals surface area contributed by atoms with E-state index in [9.17, 15) is 4.79 Å². The molecule has 0 atom stereocenters. The Kier molecular flexibility index (Phi) is 7.26. The van der Waals surface area contributed by atoms with Crippen molar-refractivity contribution in [2.45, 2.75) is 46.6 Å². The number of hydrogen-bond donors (Lipinski definition) is 0. The fourth-order valence-electron chi connectivity index (χ4n) is 4.07. The molecule has 1 saturated heterocycles. The van der Waals surface area contributed by atoms with Crippen LogP contribution >= 0.6 is 0 Å². The molecular weight excluding hydrogens is 348 g/mol. The van der Waals surface area contributed by atoms with Gasteiger partial charge in [0.05, 0.1) is 5.69 Å². The SMILES string of the molecule is CCN(CC1CCN(CCc2ccccc2C)CC1)C(=O)Cn1ccc(C)n1. The minimum atomic E-state index is 0.174. The maximum absolute atomic E-state index is 12.6. The predicted octanol–water partition coefficient (Wildman–Crippen LogP) is 3.30. The van der Waals surface area contributed by atoms with E-state index >= 15 is 0 Å². The van der Waals surface area contributed by atoms with Gasteiger partial charge in [0.25, 0.3) is 0 Å². The molecule has 0 N–H and O–H groups in total. The molecule has 5 nitrogen and oxygen atoms in total. The zero-order valence-electron chi connectivity index (χ0n) is 17.6. The monoisotopic (exact) mass is 382 g/mol. The van der Waals surface area contributed by atoms with Crippen LogP contribution in [0.1, 0.15) is 36.6 Å². The van der Waals surface area contributed by atoms with Crippen molar-refractivity contribution < 1.29 is 4.79 Å². The Hall–Kier alpha value is -2.14. The number of rotatable bonds is 8. The Labute approximate surface area is 169 Å². The van der Waals surface area contributed by atoms with Gasteiger partial charge in [-0.1, -0.05) is 24.3 Å². The van der Waals surface area contributed by atoms with Crippen molar-refractivity contribution in [3.05, 3.63) is 53.3 Å². The van der Waals surface area contributed by atoms with Crippen molar-refractivity contribution in [1.29, 1.82) is 0 Å². The lowest BCUT2D eigenvalue weighted by Crippen LogP contribution is -2.42. The van der Waals surface area contributed by atoms with E-state index in [0.717, 1.165) is 44.8 Å². The lowest BCUT2D eigenvalue weighted by molar-refractivity contribution is -0.132. The number of piperidine rings is 1. The summed E-state index contributed by atoms with van der Waals surface area (Å²) < 4.78 is 1.74. The second kappa shape index (κ2) is 9.87. The fraction of sp³-hybridized carbons (Fsp3) is 0.565. The van der Waals surface area contributed by atoms with E-state index in [1.807, 2.05) is 24.1 Å². The topological polar surface area (TPSA) is 41.4 Å². The summed E-state index contributed by atoms with van der Waals surface area (Å²) in [5, 5.41) is 4.34. The summed E-state index contributed by atoms with van der Waals surface area (Å²) >= 11 is 0. The van der Waals surface area contributed by atoms with Crippen LogP contribution < -0.4 is 0 Å². The summed E-state index contributed by atoms with van der Waals surface area (Å²) in [5.74, 6) is 0.783. The molecule has 152 valence electrons. The standard InChI is InChI=1S/C23H34N4O/c1-4-26(23(28)18-27-16-9-20(3)24-27)17-21-10-13-25(14-11-21)15-12-22-8-6-5-7-19(22)2/h5-9,16,21H,4,10-15,17-18H2,1-3H3. The third-order valence-corrected chi connectivity index (χ3v) is 5.95. The molecule has 2 heterocycles. The van der Waals surface area contributed by atoms with E-state index in [1.165, 1.54) is 24.0 Å². The number of aryl methyl sites for hydroxylation is 2. The highest BCUT2D eigenvalue weighted by Crippen LogP contribution is 2.19. The first-order valence-electron chi connectivity index (χ1n) is 10.6. The highest BCUT2D eigenvalue weighted by Gasteiger charge is 2.23. The summed E-state index contributed by atoms with van der Waals surface area (Å²) in [6.07, 6.45) is 5.37. The first kappa shape index (κ1) is 20.6. The van der Waals surface area contributed by atoms with Crippen LogP contribution in [-0.4, -0.2) is 58.2 Å². The van der Waals surface area contributed by atoms with Crippen molar-refractivity contribution >= 4 is 5.91 Å². The molecule has 0 radical (unpaired) electrons. The van der Waals surface area contributed by atoms with E-state index in [4.69, 9.17) is 0 Å². The van der Waals surface area contributed by atoms with Gasteiger partial charge in [-0.2, -0.15) is 5.10 Å². The Balaban J connectivity index is 1.42. The largest absolute Gasteiger partial charge is 0.341 e. The molecule has 0 unspecified atom stereocenters. The van der Waals surface area contributed by atoms with Gasteiger partial charge >= 0.3 is 0 Å². The lowest BCUT2D eigenvalue weighted by Gasteiger charge is -2.34. The Morgan fingerprint density at radius 1 is 1.18 bits per heavy atom. The average Bonchev–Trinajstić information content (AvgIpc) is 3.11. The smallest absolute Gasteiger partial charge is 0.244 e. The van der Waals surface area contributed by atoms with Gasteiger partial charge in [-0.15, -0.1) is 0 Å². The molecule has 1 aliphatic rings. The molecular formula is C23H34N4O. The molecule has 0 bridgehead atoms. The lowest BCUT2D eigenvalue weighted by atomic mass is 9.95. The molecule has 0 aliphatic carbocycles. The molecule has 0 saturated carbocycles. The molecule has 2 aromatic rings. The summed E-state index contributed by atoms with van der Waals surface area (Å²) in [6.45, 7) is 11.6. The third kappa shape index (κ3) is 5.68. The van der Waals surface area contributed by atoms with Crippen LogP contribution in [0.2, 0.25) is 0 Å². The number of likely N-dealkylation sites (tertiary alicyclic amines) is 1. The highest BCUT2D eigenvalue weighted by atomic mass is 16.2. The first-order valence-corrected chi connectivity index (χ1v) is 10.6. The maximum atomic E-state index is 12.6. The van der Waals surface area contributed by atoms with Gasteiger partial charge in [0.2, 0.25) is 5.91 Å². The number of carbonyl (C=O) groups excluding carboxylic acids is 1. The Morgan fingerprint density at radius 2 is 1.93 bits per heavy atom. The van der Waals surface area contributed by atoms with Crippen LogP contribution in [0.4, 0.5) is 0 Å². The van der Waals surface area contributed by atoms with Crippen molar-refractivity contribution in [3.8, 4) is 0 Å². The summed E-state index contributed by atoms with van der Waals surface area (Å²) in [4.78, 5) is 17.2. The maximum Gasteiger partial charge on any atom is 0.244 e. The Bertz CT molecular complexity index is 761. The number of carbonyl (C=O) groups is 1. The molecule has 1 amide bonds. The molecule has 1 aromatic heterocycles. The van der Waals surface area contributed by atoms with E-state index in [0.29, 0.717) is 12.5 Å². The van der Waals surface area contributed by atoms with Gasteiger partial charge in [-0.3, -0.25) is 9.48 Å². The number of amides is 1. The molecule has 5 heteroatoms. The second-order valence-electron chi connectivity index (χ2n) is 8.05. The van der Waals surface area contributed by atoms with Crippen LogP contribution in [0.15, 0.2) is 36.5 Å². The predicted molar refractivity (Wildman–Crippen MR) is 113 cm³/mol. The molecule has 28 heavy (non-hydrogen) atoms. The van der Waals surface area contributed by atoms with Gasteiger partial charge < -0.3 is 9.80 Å². The first-order chi connectivity index (χ1) is 13.5. The quantitative estimate of drug-likeness (QED) is 0.703. The van der Waals surface area contributed by atoms with E-state index < -0.39 is 0 Å². The Morgan fingerprint density at radius 3 is 2.57 bits per heavy atom. The number of hydrogen-bond acceptors (Lipinski definition) is 3. The van der Waals surface area contributed by atoms with Crippen LogP contribution in [0.5, 0.6) is 0 Å². The van der Waals surface area contributed by atoms with Crippen LogP contribution in [-0.2, 0) is 17.8 Å². The zero-order valence-corrected chi connectivity index (χ0v) is 17.6. The van der Waals surface area contributed by atoms with Crippen molar-refractivity contribution in [3.63, 3.8) is 0 Å². The van der Waals surface area contributed by atoms with Gasteiger partial charge in [0, 0.05) is 25.8 Å². The molecule has 1 aromatic carbocycles. The van der Waals surface area contributed by atoms with Crippen molar-refractivity contribution in [2.24, 2.45) is 5.92 Å². The molecule has 1 aliphatic heterocycles.